The van der Waals surface area contributed by atoms with Gasteiger partial charge in [0.2, 0.25) is 0 Å². The third-order valence-corrected chi connectivity index (χ3v) is 12.0. The monoisotopic (exact) mass is 738 g/mol. The zero-order valence-electron chi connectivity index (χ0n) is 31.6. The third kappa shape index (κ3) is 5.02. The van der Waals surface area contributed by atoms with Gasteiger partial charge >= 0.3 is 6.85 Å². The van der Waals surface area contributed by atoms with Gasteiger partial charge in [-0.25, -0.2) is 0 Å². The quantitative estimate of drug-likeness (QED) is 0.164. The first-order chi connectivity index (χ1) is 28.8. The van der Waals surface area contributed by atoms with Crippen molar-refractivity contribution in [2.45, 2.75) is 0 Å². The number of ether oxygens (including phenoxy) is 1. The van der Waals surface area contributed by atoms with E-state index in [0.29, 0.717) is 0 Å². The van der Waals surface area contributed by atoms with Crippen molar-refractivity contribution in [2.24, 2.45) is 0 Å². The lowest BCUT2D eigenvalue weighted by molar-refractivity contribution is 0.487. The van der Waals surface area contributed by atoms with Crippen molar-refractivity contribution in [3.8, 4) is 61.7 Å². The molecule has 1 aromatic heterocycles. The molecule has 0 atom stereocenters. The molecule has 0 spiro atoms. The van der Waals surface area contributed by atoms with E-state index in [9.17, 15) is 0 Å². The Labute approximate surface area is 337 Å². The fourth-order valence-corrected chi connectivity index (χ4v) is 9.48. The number of nitrogens with zero attached hydrogens (tertiary/aromatic N) is 2. The summed E-state index contributed by atoms with van der Waals surface area (Å²) in [4.78, 5) is 2.51. The molecule has 0 saturated carbocycles. The Hall–Kier alpha value is -7.56. The second-order valence-corrected chi connectivity index (χ2v) is 15.2. The van der Waals surface area contributed by atoms with Crippen molar-refractivity contribution in [2.75, 3.05) is 4.81 Å². The largest absolute Gasteiger partial charge is 0.458 e. The summed E-state index contributed by atoms with van der Waals surface area (Å²) in [5, 5.41) is 2.50. The minimum absolute atomic E-state index is 0.129. The van der Waals surface area contributed by atoms with Crippen molar-refractivity contribution in [3.63, 3.8) is 0 Å². The fraction of sp³-hybridized carbons (Fsp3) is 0. The molecule has 270 valence electrons. The molecular formula is C54H35BN2O. The van der Waals surface area contributed by atoms with E-state index < -0.39 is 0 Å². The van der Waals surface area contributed by atoms with E-state index in [1.807, 2.05) is 0 Å². The van der Waals surface area contributed by atoms with Gasteiger partial charge in [0.25, 0.3) is 0 Å². The zero-order chi connectivity index (χ0) is 38.2. The van der Waals surface area contributed by atoms with Gasteiger partial charge in [-0.15, -0.1) is 0 Å². The third-order valence-electron chi connectivity index (χ3n) is 12.0. The second-order valence-electron chi connectivity index (χ2n) is 15.2. The summed E-state index contributed by atoms with van der Waals surface area (Å²) < 4.78 is 9.50. The van der Waals surface area contributed by atoms with Gasteiger partial charge in [0.1, 0.15) is 11.5 Å². The van der Waals surface area contributed by atoms with Crippen LogP contribution in [0.3, 0.4) is 0 Å². The predicted octanol–water partition coefficient (Wildman–Crippen LogP) is 12.8. The molecule has 0 amide bonds. The number of rotatable bonds is 5. The summed E-state index contributed by atoms with van der Waals surface area (Å²) in [5.41, 5.74) is 17.6. The number of anilines is 2. The molecule has 0 aliphatic carbocycles. The van der Waals surface area contributed by atoms with E-state index in [-0.39, 0.29) is 6.85 Å². The van der Waals surface area contributed by atoms with Crippen molar-refractivity contribution in [3.05, 3.63) is 212 Å². The number of para-hydroxylation sites is 5. The molecule has 9 aromatic carbocycles. The number of hydrogen-bond acceptors (Lipinski definition) is 2. The van der Waals surface area contributed by atoms with Gasteiger partial charge < -0.3 is 14.1 Å². The summed E-state index contributed by atoms with van der Waals surface area (Å²) in [6, 6.07) is 76.8. The van der Waals surface area contributed by atoms with Crippen molar-refractivity contribution in [1.82, 2.24) is 4.57 Å². The highest BCUT2D eigenvalue weighted by Gasteiger charge is 2.44. The highest BCUT2D eigenvalue weighted by molar-refractivity contribution is 6.92. The van der Waals surface area contributed by atoms with E-state index in [1.54, 1.807) is 0 Å². The molecule has 4 heteroatoms. The van der Waals surface area contributed by atoms with Gasteiger partial charge in [-0.3, -0.25) is 0 Å². The molecule has 0 unspecified atom stereocenters. The van der Waals surface area contributed by atoms with Gasteiger partial charge in [0, 0.05) is 38.7 Å². The maximum atomic E-state index is 7.08. The topological polar surface area (TPSA) is 17.4 Å². The van der Waals surface area contributed by atoms with Crippen LogP contribution in [0, 0.1) is 0 Å². The molecule has 0 bridgehead atoms. The lowest BCUT2D eigenvalue weighted by Gasteiger charge is -2.42. The maximum absolute atomic E-state index is 7.08. The summed E-state index contributed by atoms with van der Waals surface area (Å²) in [5.74, 6) is 1.76. The summed E-state index contributed by atoms with van der Waals surface area (Å²) in [6.45, 7) is -0.129. The normalized spacial score (nSPS) is 12.6. The van der Waals surface area contributed by atoms with Crippen LogP contribution in [0.4, 0.5) is 11.4 Å². The van der Waals surface area contributed by atoms with Crippen LogP contribution < -0.4 is 20.5 Å². The van der Waals surface area contributed by atoms with Crippen LogP contribution >= 0.6 is 0 Å². The summed E-state index contributed by atoms with van der Waals surface area (Å²) in [6.07, 6.45) is 0. The minimum Gasteiger partial charge on any atom is -0.458 e. The van der Waals surface area contributed by atoms with Crippen molar-refractivity contribution < 1.29 is 4.74 Å². The summed E-state index contributed by atoms with van der Waals surface area (Å²) >= 11 is 0. The van der Waals surface area contributed by atoms with Crippen LogP contribution in [0.1, 0.15) is 0 Å². The molecule has 0 saturated heterocycles. The van der Waals surface area contributed by atoms with Gasteiger partial charge in [0.05, 0.1) is 16.7 Å². The highest BCUT2D eigenvalue weighted by Crippen LogP contribution is 2.46. The van der Waals surface area contributed by atoms with Crippen LogP contribution in [0.2, 0.25) is 0 Å². The molecular weight excluding hydrogens is 703 g/mol. The molecule has 3 nitrogen and oxygen atoms in total. The molecule has 10 aromatic rings. The highest BCUT2D eigenvalue weighted by atomic mass is 16.5. The lowest BCUT2D eigenvalue weighted by Crippen LogP contribution is -2.59. The standard InChI is InChI=1S/C54H35BN2O/c1-3-16-36(17-4-1)37-18-15-19-38(32-37)40-33-46-45-25-10-14-29-51(45)57(41-20-5-2-6-21-41)55-47-34-39(30-31-52(47)58-53(35-40)54(46)55)42-22-7-11-26-48(42)56-49-27-12-8-23-43(49)44-24-9-13-28-50(44)56/h1-35H. The van der Waals surface area contributed by atoms with Crippen molar-refractivity contribution in [1.29, 1.82) is 0 Å². The Morgan fingerprint density at radius 3 is 1.72 bits per heavy atom. The van der Waals surface area contributed by atoms with E-state index in [2.05, 4.69) is 222 Å². The second kappa shape index (κ2) is 13.0. The number of hydrogen-bond donors (Lipinski definition) is 0. The molecule has 58 heavy (non-hydrogen) atoms. The van der Waals surface area contributed by atoms with E-state index >= 15 is 0 Å². The zero-order valence-corrected chi connectivity index (χ0v) is 31.6. The number of fused-ring (bicyclic) bond motifs is 7. The smallest absolute Gasteiger partial charge is 0.336 e. The van der Waals surface area contributed by atoms with Gasteiger partial charge in [-0.2, -0.15) is 0 Å². The lowest BCUT2D eigenvalue weighted by atomic mass is 9.44. The number of benzene rings is 9. The Balaban J connectivity index is 1.07. The van der Waals surface area contributed by atoms with Gasteiger partial charge in [-0.05, 0) is 99.5 Å². The van der Waals surface area contributed by atoms with Crippen LogP contribution in [-0.2, 0) is 0 Å². The number of aromatic nitrogens is 1. The van der Waals surface area contributed by atoms with Gasteiger partial charge in [0.15, 0.2) is 0 Å². The molecule has 0 fully saturated rings. The summed E-state index contributed by atoms with van der Waals surface area (Å²) in [7, 11) is 0. The SMILES string of the molecule is c1ccc(-c2cccc(-c3cc4c5c(c3)-c3ccccc3N(c3ccccc3)B5c3cc(-c5ccccc5-n5c6ccccc6c6ccccc65)ccc3O4)c2)cc1. The molecule has 12 rings (SSSR count). The maximum Gasteiger partial charge on any atom is 0.336 e. The first kappa shape index (κ1) is 32.7. The molecule has 2 aliphatic rings. The van der Waals surface area contributed by atoms with Crippen LogP contribution in [-0.4, -0.2) is 11.4 Å². The Morgan fingerprint density at radius 2 is 0.966 bits per heavy atom. The average Bonchev–Trinajstić information content (AvgIpc) is 3.63. The Kier molecular flexibility index (Phi) is 7.33. The van der Waals surface area contributed by atoms with Crippen LogP contribution in [0.25, 0.3) is 72.0 Å². The van der Waals surface area contributed by atoms with Crippen molar-refractivity contribution >= 4 is 51.0 Å². The first-order valence-corrected chi connectivity index (χ1v) is 20.0. The molecule has 2 aliphatic heterocycles. The van der Waals surface area contributed by atoms with E-state index in [4.69, 9.17) is 4.74 Å². The van der Waals surface area contributed by atoms with E-state index in [0.717, 1.165) is 45.0 Å². The molecule has 3 heterocycles. The van der Waals surface area contributed by atoms with E-state index in [1.165, 1.54) is 60.8 Å². The minimum atomic E-state index is -0.129. The Morgan fingerprint density at radius 1 is 0.362 bits per heavy atom. The average molecular weight is 739 g/mol. The predicted molar refractivity (Wildman–Crippen MR) is 243 cm³/mol. The van der Waals surface area contributed by atoms with Crippen LogP contribution in [0.5, 0.6) is 11.5 Å². The fourth-order valence-electron chi connectivity index (χ4n) is 9.48. The first-order valence-electron chi connectivity index (χ1n) is 20.0. The molecule has 0 radical (unpaired) electrons. The van der Waals surface area contributed by atoms with Crippen LogP contribution in [0.15, 0.2) is 212 Å². The Bertz CT molecular complexity index is 3170. The van der Waals surface area contributed by atoms with Gasteiger partial charge in [-0.1, -0.05) is 152 Å². The molecule has 0 N–H and O–H groups in total.